The molecule has 0 radical (unpaired) electrons. The van der Waals surface area contributed by atoms with E-state index in [1.807, 2.05) is 13.8 Å². The lowest BCUT2D eigenvalue weighted by molar-refractivity contribution is -0.122. The highest BCUT2D eigenvalue weighted by atomic mass is 16.2. The van der Waals surface area contributed by atoms with Crippen molar-refractivity contribution in [1.29, 1.82) is 0 Å². The second-order valence-electron chi connectivity index (χ2n) is 3.80. The molecule has 0 saturated carbocycles. The highest BCUT2D eigenvalue weighted by molar-refractivity contribution is 5.79. The summed E-state index contributed by atoms with van der Waals surface area (Å²) in [7, 11) is 0. The highest BCUT2D eigenvalue weighted by Crippen LogP contribution is 1.94. The van der Waals surface area contributed by atoms with Crippen LogP contribution in [0.3, 0.4) is 0 Å². The molecule has 0 saturated heterocycles. The molecule has 0 fully saturated rings. The predicted octanol–water partition coefficient (Wildman–Crippen LogP) is -0.245. The fraction of sp³-hybridized carbons (Fsp3) is 0.800. The van der Waals surface area contributed by atoms with E-state index in [1.54, 1.807) is 6.92 Å². The third-order valence-corrected chi connectivity index (χ3v) is 1.96. The Balaban J connectivity index is 3.77. The fourth-order valence-corrected chi connectivity index (χ4v) is 1.39. The Morgan fingerprint density at radius 1 is 1.20 bits per heavy atom. The molecular weight excluding hydrogens is 194 g/mol. The maximum absolute atomic E-state index is 11.4. The molecule has 0 rings (SSSR count). The number of rotatable bonds is 7. The molecule has 0 aromatic rings. The van der Waals surface area contributed by atoms with E-state index in [-0.39, 0.29) is 24.4 Å². The number of amides is 2. The summed E-state index contributed by atoms with van der Waals surface area (Å²) < 4.78 is 0. The van der Waals surface area contributed by atoms with Crippen molar-refractivity contribution in [3.8, 4) is 0 Å². The zero-order valence-electron chi connectivity index (χ0n) is 9.67. The lowest BCUT2D eigenvalue weighted by Gasteiger charge is -2.15. The van der Waals surface area contributed by atoms with Crippen LogP contribution < -0.4 is 16.4 Å². The monoisotopic (exact) mass is 215 g/mol. The van der Waals surface area contributed by atoms with Crippen molar-refractivity contribution in [2.45, 2.75) is 45.7 Å². The molecule has 15 heavy (non-hydrogen) atoms. The average Bonchev–Trinajstić information content (AvgIpc) is 2.00. The van der Waals surface area contributed by atoms with Crippen LogP contribution in [0.4, 0.5) is 0 Å². The van der Waals surface area contributed by atoms with E-state index in [0.717, 1.165) is 6.54 Å². The van der Waals surface area contributed by atoms with Gasteiger partial charge in [-0.05, 0) is 20.4 Å². The Bertz CT molecular complexity index is 219. The van der Waals surface area contributed by atoms with Gasteiger partial charge in [-0.15, -0.1) is 0 Å². The molecule has 5 nitrogen and oxygen atoms in total. The zero-order chi connectivity index (χ0) is 11.8. The summed E-state index contributed by atoms with van der Waals surface area (Å²) in [6.45, 7) is 6.54. The first-order valence-electron chi connectivity index (χ1n) is 5.26. The first-order chi connectivity index (χ1) is 6.95. The van der Waals surface area contributed by atoms with Crippen LogP contribution in [0.1, 0.15) is 33.6 Å². The summed E-state index contributed by atoms with van der Waals surface area (Å²) in [6.07, 6.45) is 0.596. The van der Waals surface area contributed by atoms with Gasteiger partial charge in [0, 0.05) is 24.9 Å². The molecule has 0 heterocycles. The number of nitrogens with one attached hydrogen (secondary N) is 2. The first-order valence-corrected chi connectivity index (χ1v) is 5.26. The second kappa shape index (κ2) is 7.23. The van der Waals surface area contributed by atoms with Crippen molar-refractivity contribution in [1.82, 2.24) is 10.6 Å². The molecule has 0 bridgehead atoms. The van der Waals surface area contributed by atoms with E-state index in [1.165, 1.54) is 0 Å². The van der Waals surface area contributed by atoms with Gasteiger partial charge in [0.15, 0.2) is 0 Å². The van der Waals surface area contributed by atoms with Gasteiger partial charge < -0.3 is 16.4 Å². The van der Waals surface area contributed by atoms with Crippen LogP contribution in [0.15, 0.2) is 0 Å². The number of hydrogen-bond donors (Lipinski definition) is 3. The Labute approximate surface area is 90.8 Å². The van der Waals surface area contributed by atoms with Crippen LogP contribution in [0.2, 0.25) is 0 Å². The van der Waals surface area contributed by atoms with Gasteiger partial charge >= 0.3 is 0 Å². The van der Waals surface area contributed by atoms with Crippen molar-refractivity contribution in [3.05, 3.63) is 0 Å². The lowest BCUT2D eigenvalue weighted by atomic mass is 10.2. The number of primary amides is 1. The molecule has 4 N–H and O–H groups in total. The van der Waals surface area contributed by atoms with Gasteiger partial charge in [-0.1, -0.05) is 6.92 Å². The topological polar surface area (TPSA) is 84.2 Å². The molecular formula is C10H21N3O2. The maximum atomic E-state index is 11.4. The van der Waals surface area contributed by atoms with E-state index in [9.17, 15) is 9.59 Å². The SMILES string of the molecule is CCNC(C)CC(=O)NC(C)CC(N)=O. The van der Waals surface area contributed by atoms with Gasteiger partial charge in [0.05, 0.1) is 0 Å². The summed E-state index contributed by atoms with van der Waals surface area (Å²) >= 11 is 0. The molecule has 5 heteroatoms. The van der Waals surface area contributed by atoms with Crippen LogP contribution >= 0.6 is 0 Å². The highest BCUT2D eigenvalue weighted by Gasteiger charge is 2.12. The summed E-state index contributed by atoms with van der Waals surface area (Å²) in [5.41, 5.74) is 5.02. The van der Waals surface area contributed by atoms with Crippen LogP contribution in [0.25, 0.3) is 0 Å². The maximum Gasteiger partial charge on any atom is 0.221 e. The molecule has 0 aliphatic heterocycles. The third kappa shape index (κ3) is 7.93. The molecule has 0 aliphatic carbocycles. The molecule has 0 spiro atoms. The van der Waals surface area contributed by atoms with Crippen molar-refractivity contribution in [2.75, 3.05) is 6.54 Å². The smallest absolute Gasteiger partial charge is 0.221 e. The summed E-state index contributed by atoms with van der Waals surface area (Å²) in [4.78, 5) is 22.0. The molecule has 0 aromatic carbocycles. The second-order valence-corrected chi connectivity index (χ2v) is 3.80. The van der Waals surface area contributed by atoms with Crippen LogP contribution in [0.5, 0.6) is 0 Å². The summed E-state index contributed by atoms with van der Waals surface area (Å²) in [6, 6.07) is -0.0420. The van der Waals surface area contributed by atoms with Crippen molar-refractivity contribution < 1.29 is 9.59 Å². The first kappa shape index (κ1) is 13.9. The standard InChI is InChI=1S/C10H21N3O2/c1-4-12-7(2)6-10(15)13-8(3)5-9(11)14/h7-8,12H,4-6H2,1-3H3,(H2,11,14)(H,13,15). The number of carbonyl (C=O) groups excluding carboxylic acids is 2. The summed E-state index contributed by atoms with van der Waals surface area (Å²) in [5, 5.41) is 5.86. The zero-order valence-corrected chi connectivity index (χ0v) is 9.67. The summed E-state index contributed by atoms with van der Waals surface area (Å²) in [5.74, 6) is -0.459. The minimum atomic E-state index is -0.400. The number of carbonyl (C=O) groups is 2. The fourth-order valence-electron chi connectivity index (χ4n) is 1.39. The van der Waals surface area contributed by atoms with Gasteiger partial charge in [0.25, 0.3) is 0 Å². The molecule has 88 valence electrons. The van der Waals surface area contributed by atoms with Gasteiger partial charge in [-0.25, -0.2) is 0 Å². The Hall–Kier alpha value is -1.10. The Kier molecular flexibility index (Phi) is 6.70. The number of nitrogens with two attached hydrogens (primary N) is 1. The molecule has 2 atom stereocenters. The van der Waals surface area contributed by atoms with E-state index in [4.69, 9.17) is 5.73 Å². The van der Waals surface area contributed by atoms with E-state index < -0.39 is 5.91 Å². The van der Waals surface area contributed by atoms with Crippen molar-refractivity contribution >= 4 is 11.8 Å². The minimum absolute atomic E-state index is 0.0581. The minimum Gasteiger partial charge on any atom is -0.370 e. The number of hydrogen-bond acceptors (Lipinski definition) is 3. The Morgan fingerprint density at radius 2 is 1.80 bits per heavy atom. The van der Waals surface area contributed by atoms with Gasteiger partial charge in [0.1, 0.15) is 0 Å². The molecule has 2 unspecified atom stereocenters. The Morgan fingerprint density at radius 3 is 2.27 bits per heavy atom. The third-order valence-electron chi connectivity index (χ3n) is 1.96. The largest absolute Gasteiger partial charge is 0.370 e. The van der Waals surface area contributed by atoms with Crippen LogP contribution in [0, 0.1) is 0 Å². The average molecular weight is 215 g/mol. The quantitative estimate of drug-likeness (QED) is 0.548. The predicted molar refractivity (Wildman–Crippen MR) is 59.2 cm³/mol. The van der Waals surface area contributed by atoms with Gasteiger partial charge in [-0.2, -0.15) is 0 Å². The van der Waals surface area contributed by atoms with E-state index in [0.29, 0.717) is 6.42 Å². The lowest BCUT2D eigenvalue weighted by Crippen LogP contribution is -2.39. The van der Waals surface area contributed by atoms with E-state index >= 15 is 0 Å². The normalized spacial score (nSPS) is 14.3. The van der Waals surface area contributed by atoms with Crippen molar-refractivity contribution in [2.24, 2.45) is 5.73 Å². The molecule has 0 aliphatic rings. The molecule has 2 amide bonds. The van der Waals surface area contributed by atoms with Crippen LogP contribution in [-0.4, -0.2) is 30.4 Å². The van der Waals surface area contributed by atoms with Gasteiger partial charge in [-0.3, -0.25) is 9.59 Å². The molecule has 0 aromatic heterocycles. The van der Waals surface area contributed by atoms with Crippen LogP contribution in [-0.2, 0) is 9.59 Å². The van der Waals surface area contributed by atoms with Gasteiger partial charge in [0.2, 0.25) is 11.8 Å². The van der Waals surface area contributed by atoms with Crippen molar-refractivity contribution in [3.63, 3.8) is 0 Å². The van der Waals surface area contributed by atoms with E-state index in [2.05, 4.69) is 10.6 Å².